The Bertz CT molecular complexity index is 761. The Labute approximate surface area is 145 Å². The van der Waals surface area contributed by atoms with E-state index in [2.05, 4.69) is 63.3 Å². The molecule has 0 bridgehead atoms. The Hall–Kier alpha value is -2.32. The molecule has 0 fully saturated rings. The first-order chi connectivity index (χ1) is 11.5. The molecule has 2 heteroatoms. The van der Waals surface area contributed by atoms with Crippen molar-refractivity contribution in [3.05, 3.63) is 58.2 Å². The van der Waals surface area contributed by atoms with Crippen molar-refractivity contribution in [3.63, 3.8) is 0 Å². The average Bonchev–Trinajstić information content (AvgIpc) is 2.72. The van der Waals surface area contributed by atoms with Gasteiger partial charge < -0.3 is 0 Å². The third-order valence-corrected chi connectivity index (χ3v) is 5.63. The van der Waals surface area contributed by atoms with Crippen molar-refractivity contribution in [2.24, 2.45) is 11.3 Å². The molecule has 2 aliphatic carbocycles. The Balaban J connectivity index is 2.16. The molecule has 0 amide bonds. The molecule has 0 radical (unpaired) electrons. The predicted molar refractivity (Wildman–Crippen MR) is 96.2 cm³/mol. The third-order valence-electron chi connectivity index (χ3n) is 5.63. The second kappa shape index (κ2) is 6.29. The molecule has 0 unspecified atom stereocenters. The van der Waals surface area contributed by atoms with Gasteiger partial charge in [-0.3, -0.25) is 0 Å². The maximum Gasteiger partial charge on any atom is 0.168 e. The summed E-state index contributed by atoms with van der Waals surface area (Å²) in [5, 5.41) is 19.5. The maximum atomic E-state index is 9.76. The van der Waals surface area contributed by atoms with Gasteiger partial charge >= 0.3 is 0 Å². The van der Waals surface area contributed by atoms with E-state index in [1.165, 1.54) is 22.3 Å². The number of aryl methyl sites for hydroxylation is 3. The van der Waals surface area contributed by atoms with Gasteiger partial charge in [0.15, 0.2) is 5.41 Å². The molecule has 122 valence electrons. The second-order valence-corrected chi connectivity index (χ2v) is 7.30. The van der Waals surface area contributed by atoms with Gasteiger partial charge in [-0.25, -0.2) is 0 Å². The first-order valence-electron chi connectivity index (χ1n) is 8.80. The number of allylic oxidation sites excluding steroid dienone is 4. The summed E-state index contributed by atoms with van der Waals surface area (Å²) in [6, 6.07) is 9.16. The molecule has 3 rings (SSSR count). The molecule has 1 aromatic rings. The monoisotopic (exact) mass is 316 g/mol. The largest absolute Gasteiger partial charge is 0.196 e. The molecule has 0 heterocycles. The zero-order chi connectivity index (χ0) is 17.3. The quantitative estimate of drug-likeness (QED) is 0.650. The van der Waals surface area contributed by atoms with Crippen LogP contribution >= 0.6 is 0 Å². The van der Waals surface area contributed by atoms with Crippen molar-refractivity contribution in [1.29, 1.82) is 10.5 Å². The highest BCUT2D eigenvalue weighted by Gasteiger charge is 2.43. The van der Waals surface area contributed by atoms with E-state index < -0.39 is 5.41 Å². The van der Waals surface area contributed by atoms with Gasteiger partial charge in [-0.15, -0.1) is 0 Å². The minimum atomic E-state index is -0.983. The molecular weight excluding hydrogens is 292 g/mol. The molecule has 0 aliphatic heterocycles. The number of rotatable bonds is 1. The molecule has 0 saturated heterocycles. The minimum absolute atomic E-state index is 0.261. The number of hydrogen-bond acceptors (Lipinski definition) is 2. The van der Waals surface area contributed by atoms with Crippen LogP contribution in [0.4, 0.5) is 0 Å². The molecule has 0 saturated carbocycles. The van der Waals surface area contributed by atoms with Crippen LogP contribution in [0, 0.1) is 54.8 Å². The van der Waals surface area contributed by atoms with E-state index in [0.717, 1.165) is 24.8 Å². The third kappa shape index (κ3) is 2.57. The van der Waals surface area contributed by atoms with Crippen LogP contribution in [0.5, 0.6) is 0 Å². The van der Waals surface area contributed by atoms with Crippen molar-refractivity contribution < 1.29 is 0 Å². The van der Waals surface area contributed by atoms with Gasteiger partial charge in [-0.05, 0) is 68.2 Å². The molecule has 0 N–H and O–H groups in total. The summed E-state index contributed by atoms with van der Waals surface area (Å²) in [5.74, 6) is 0.526. The fourth-order valence-corrected chi connectivity index (χ4v) is 4.67. The molecule has 2 atom stereocenters. The Morgan fingerprint density at radius 2 is 1.75 bits per heavy atom. The zero-order valence-electron chi connectivity index (χ0n) is 14.8. The van der Waals surface area contributed by atoms with E-state index in [0.29, 0.717) is 6.42 Å². The lowest BCUT2D eigenvalue weighted by Crippen LogP contribution is -2.28. The number of hydrogen-bond donors (Lipinski definition) is 0. The van der Waals surface area contributed by atoms with Crippen LogP contribution in [0.2, 0.25) is 0 Å². The average molecular weight is 316 g/mol. The minimum Gasteiger partial charge on any atom is -0.196 e. The molecule has 0 aromatic heterocycles. The summed E-state index contributed by atoms with van der Waals surface area (Å²) in [6.07, 6.45) is 10.2. The van der Waals surface area contributed by atoms with Crippen molar-refractivity contribution in [3.8, 4) is 12.1 Å². The lowest BCUT2D eigenvalue weighted by molar-refractivity contribution is 0.415. The van der Waals surface area contributed by atoms with E-state index in [-0.39, 0.29) is 11.8 Å². The predicted octanol–water partition coefficient (Wildman–Crippen LogP) is 5.42. The summed E-state index contributed by atoms with van der Waals surface area (Å²) in [5.41, 5.74) is 5.37. The smallest absolute Gasteiger partial charge is 0.168 e. The normalized spacial score (nSPS) is 25.0. The fraction of sp³-hybridized carbons (Fsp3) is 0.455. The summed E-state index contributed by atoms with van der Waals surface area (Å²) in [4.78, 5) is 0. The van der Waals surface area contributed by atoms with Gasteiger partial charge in [0.25, 0.3) is 0 Å². The fourth-order valence-electron chi connectivity index (χ4n) is 4.67. The van der Waals surface area contributed by atoms with Crippen LogP contribution in [0.3, 0.4) is 0 Å². The van der Waals surface area contributed by atoms with Crippen LogP contribution in [0.1, 0.15) is 53.9 Å². The van der Waals surface area contributed by atoms with Crippen LogP contribution in [-0.2, 0) is 0 Å². The van der Waals surface area contributed by atoms with Crippen molar-refractivity contribution in [2.75, 3.05) is 0 Å². The number of benzene rings is 1. The van der Waals surface area contributed by atoms with E-state index in [9.17, 15) is 10.5 Å². The molecule has 24 heavy (non-hydrogen) atoms. The molecule has 1 aromatic carbocycles. The zero-order valence-corrected chi connectivity index (χ0v) is 14.8. The first-order valence-corrected chi connectivity index (χ1v) is 8.80. The standard InChI is InChI=1S/C22H24N2/c1-15-11-16(2)21(17(3)12-15)19-8-6-10-22(13-23,14-24)20-9-5-4-7-18(19)20/h6,8-9,11-12,18-19H,4-5,7,10H2,1-3H3/t18-,19+/m0/s1. The van der Waals surface area contributed by atoms with Gasteiger partial charge in [0, 0.05) is 12.3 Å². The molecular formula is C22H24N2. The topological polar surface area (TPSA) is 47.6 Å². The van der Waals surface area contributed by atoms with Crippen molar-refractivity contribution >= 4 is 0 Å². The van der Waals surface area contributed by atoms with E-state index >= 15 is 0 Å². The molecule has 0 spiro atoms. The highest BCUT2D eigenvalue weighted by Crippen LogP contribution is 2.50. The van der Waals surface area contributed by atoms with Gasteiger partial charge in [0.1, 0.15) is 0 Å². The SMILES string of the molecule is Cc1cc(C)c([C@@H]2C=CCC(C#N)(C#N)C3=CCCC[C@H]32)c(C)c1. The highest BCUT2D eigenvalue weighted by atomic mass is 14.5. The maximum absolute atomic E-state index is 9.76. The van der Waals surface area contributed by atoms with Crippen LogP contribution in [0.25, 0.3) is 0 Å². The van der Waals surface area contributed by atoms with Gasteiger partial charge in [-0.1, -0.05) is 35.9 Å². The Morgan fingerprint density at radius 1 is 1.08 bits per heavy atom. The summed E-state index contributed by atoms with van der Waals surface area (Å²) >= 11 is 0. The Kier molecular flexibility index (Phi) is 4.33. The van der Waals surface area contributed by atoms with Gasteiger partial charge in [-0.2, -0.15) is 10.5 Å². The van der Waals surface area contributed by atoms with Gasteiger partial charge in [0.05, 0.1) is 12.1 Å². The van der Waals surface area contributed by atoms with E-state index in [1.807, 2.05) is 0 Å². The van der Waals surface area contributed by atoms with Crippen molar-refractivity contribution in [2.45, 2.75) is 52.4 Å². The number of nitrogens with zero attached hydrogens (tertiary/aromatic N) is 2. The van der Waals surface area contributed by atoms with E-state index in [4.69, 9.17) is 0 Å². The summed E-state index contributed by atoms with van der Waals surface area (Å²) in [7, 11) is 0. The second-order valence-electron chi connectivity index (χ2n) is 7.30. The number of nitriles is 2. The highest BCUT2D eigenvalue weighted by molar-refractivity contribution is 5.47. The first kappa shape index (κ1) is 16.5. The van der Waals surface area contributed by atoms with Crippen LogP contribution in [0.15, 0.2) is 35.9 Å². The Morgan fingerprint density at radius 3 is 2.38 bits per heavy atom. The summed E-state index contributed by atoms with van der Waals surface area (Å²) < 4.78 is 0. The van der Waals surface area contributed by atoms with Crippen LogP contribution in [-0.4, -0.2) is 0 Å². The van der Waals surface area contributed by atoms with E-state index in [1.54, 1.807) is 0 Å². The van der Waals surface area contributed by atoms with Gasteiger partial charge in [0.2, 0.25) is 0 Å². The molecule has 2 aliphatic rings. The number of fused-ring (bicyclic) bond motifs is 1. The lowest BCUT2D eigenvalue weighted by atomic mass is 9.66. The molecule has 2 nitrogen and oxygen atoms in total. The van der Waals surface area contributed by atoms with Crippen molar-refractivity contribution in [1.82, 2.24) is 0 Å². The summed E-state index contributed by atoms with van der Waals surface area (Å²) in [6.45, 7) is 6.50. The lowest BCUT2D eigenvalue weighted by Gasteiger charge is -2.35. The van der Waals surface area contributed by atoms with Crippen LogP contribution < -0.4 is 0 Å².